The predicted octanol–water partition coefficient (Wildman–Crippen LogP) is 4.61. The zero-order valence-corrected chi connectivity index (χ0v) is 16.8. The lowest BCUT2D eigenvalue weighted by molar-refractivity contribution is -0.133. The van der Waals surface area contributed by atoms with Gasteiger partial charge in [-0.25, -0.2) is 0 Å². The first kappa shape index (κ1) is 19.6. The van der Waals surface area contributed by atoms with Gasteiger partial charge in [-0.2, -0.15) is 5.26 Å². The second kappa shape index (κ2) is 7.97. The Morgan fingerprint density at radius 2 is 1.97 bits per heavy atom. The van der Waals surface area contributed by atoms with Crippen LogP contribution in [0.1, 0.15) is 28.6 Å². The van der Waals surface area contributed by atoms with Crippen molar-refractivity contribution in [1.82, 2.24) is 0 Å². The minimum atomic E-state index is -0.494. The van der Waals surface area contributed by atoms with Gasteiger partial charge in [0.25, 0.3) is 0 Å². The van der Waals surface area contributed by atoms with E-state index in [0.29, 0.717) is 27.8 Å². The fourth-order valence-electron chi connectivity index (χ4n) is 3.34. The number of ether oxygens (including phenoxy) is 2. The molecule has 0 saturated heterocycles. The molecule has 1 unspecified atom stereocenters. The van der Waals surface area contributed by atoms with E-state index in [4.69, 9.17) is 31.2 Å². The third kappa shape index (κ3) is 3.88. The summed E-state index contributed by atoms with van der Waals surface area (Å²) in [7, 11) is 0. The van der Waals surface area contributed by atoms with Crippen molar-refractivity contribution in [3.8, 4) is 17.6 Å². The van der Waals surface area contributed by atoms with Crippen LogP contribution in [0.25, 0.3) is 0 Å². The van der Waals surface area contributed by atoms with Gasteiger partial charge in [0.1, 0.15) is 34.7 Å². The van der Waals surface area contributed by atoms with Gasteiger partial charge >= 0.3 is 5.97 Å². The summed E-state index contributed by atoms with van der Waals surface area (Å²) < 4.78 is 16.8. The molecule has 0 amide bonds. The van der Waals surface area contributed by atoms with Crippen molar-refractivity contribution in [2.75, 3.05) is 0 Å². The summed E-state index contributed by atoms with van der Waals surface area (Å²) in [5, 5.41) is 10.2. The highest BCUT2D eigenvalue weighted by molar-refractivity contribution is 6.30. The van der Waals surface area contributed by atoms with Crippen molar-refractivity contribution in [1.29, 1.82) is 5.26 Å². The van der Waals surface area contributed by atoms with Crippen LogP contribution in [0.2, 0.25) is 5.02 Å². The summed E-state index contributed by atoms with van der Waals surface area (Å²) >= 11 is 5.86. The van der Waals surface area contributed by atoms with E-state index >= 15 is 0 Å². The van der Waals surface area contributed by atoms with Crippen LogP contribution >= 0.6 is 11.6 Å². The molecule has 6 nitrogen and oxygen atoms in total. The molecule has 7 heteroatoms. The summed E-state index contributed by atoms with van der Waals surface area (Å²) in [6, 6.07) is 17.7. The maximum Gasteiger partial charge on any atom is 0.315 e. The van der Waals surface area contributed by atoms with E-state index in [0.717, 1.165) is 11.3 Å². The highest BCUT2D eigenvalue weighted by Crippen LogP contribution is 2.43. The Morgan fingerprint density at radius 1 is 1.20 bits per heavy atom. The predicted molar refractivity (Wildman–Crippen MR) is 110 cm³/mol. The van der Waals surface area contributed by atoms with Crippen LogP contribution in [0.5, 0.6) is 11.5 Å². The number of carbonyl (C=O) groups is 1. The monoisotopic (exact) mass is 420 g/mol. The molecule has 1 aliphatic heterocycles. The van der Waals surface area contributed by atoms with Gasteiger partial charge in [0.15, 0.2) is 0 Å². The molecule has 0 radical (unpaired) electrons. The number of nitrogens with zero attached hydrogens (tertiary/aromatic N) is 1. The molecular formula is C23H17ClN2O4. The van der Waals surface area contributed by atoms with E-state index in [1.165, 1.54) is 0 Å². The molecule has 2 heterocycles. The van der Waals surface area contributed by atoms with Crippen molar-refractivity contribution >= 4 is 17.6 Å². The summed E-state index contributed by atoms with van der Waals surface area (Å²) in [5.74, 6) is 1.11. The maximum absolute atomic E-state index is 12.3. The number of esters is 1. The third-order valence-corrected chi connectivity index (χ3v) is 4.98. The van der Waals surface area contributed by atoms with E-state index in [1.807, 2.05) is 13.0 Å². The minimum Gasteiger partial charge on any atom is -0.465 e. The van der Waals surface area contributed by atoms with Gasteiger partial charge in [0.05, 0.1) is 12.3 Å². The standard InChI is InChI=1S/C23H17ClN2O4/c1-13-2-9-19(28-13)22-17-8-7-16(11-20(17)30-23(26)18(22)12-25)29-21(27)10-14-3-5-15(24)6-4-14/h2-9,11,22H,10,26H2,1H3. The van der Waals surface area contributed by atoms with Gasteiger partial charge in [0.2, 0.25) is 5.88 Å². The number of carbonyl (C=O) groups excluding carboxylic acids is 1. The van der Waals surface area contributed by atoms with Gasteiger partial charge in [0, 0.05) is 16.7 Å². The van der Waals surface area contributed by atoms with Crippen LogP contribution in [-0.2, 0) is 11.2 Å². The number of benzene rings is 2. The lowest BCUT2D eigenvalue weighted by atomic mass is 9.87. The molecule has 1 aliphatic rings. The van der Waals surface area contributed by atoms with Crippen LogP contribution in [0.3, 0.4) is 0 Å². The van der Waals surface area contributed by atoms with Crippen LogP contribution in [-0.4, -0.2) is 5.97 Å². The zero-order chi connectivity index (χ0) is 21.3. The maximum atomic E-state index is 12.3. The van der Waals surface area contributed by atoms with Crippen LogP contribution in [0.4, 0.5) is 0 Å². The Hall–Kier alpha value is -3.69. The number of aryl methyl sites for hydroxylation is 1. The molecule has 1 atom stereocenters. The number of hydrogen-bond acceptors (Lipinski definition) is 6. The molecular weight excluding hydrogens is 404 g/mol. The van der Waals surface area contributed by atoms with Gasteiger partial charge in [-0.05, 0) is 42.8 Å². The van der Waals surface area contributed by atoms with E-state index in [2.05, 4.69) is 6.07 Å². The average Bonchev–Trinajstić information content (AvgIpc) is 3.14. The van der Waals surface area contributed by atoms with Gasteiger partial charge in [-0.1, -0.05) is 29.8 Å². The molecule has 3 aromatic rings. The second-order valence-corrected chi connectivity index (χ2v) is 7.29. The normalized spacial score (nSPS) is 15.2. The molecule has 0 aliphatic carbocycles. The highest BCUT2D eigenvalue weighted by Gasteiger charge is 2.33. The molecule has 4 rings (SSSR count). The van der Waals surface area contributed by atoms with Crippen molar-refractivity contribution in [2.45, 2.75) is 19.3 Å². The Morgan fingerprint density at radius 3 is 2.63 bits per heavy atom. The first-order chi connectivity index (χ1) is 14.4. The van der Waals surface area contributed by atoms with E-state index in [-0.39, 0.29) is 17.9 Å². The molecule has 1 aromatic heterocycles. The largest absolute Gasteiger partial charge is 0.465 e. The number of furan rings is 1. The number of nitriles is 1. The fourth-order valence-corrected chi connectivity index (χ4v) is 3.46. The van der Waals surface area contributed by atoms with Crippen molar-refractivity contribution in [3.05, 3.63) is 93.7 Å². The summed E-state index contributed by atoms with van der Waals surface area (Å²) in [4.78, 5) is 12.3. The number of hydrogen-bond donors (Lipinski definition) is 1. The van der Waals surface area contributed by atoms with Crippen LogP contribution in [0, 0.1) is 18.3 Å². The molecule has 2 N–H and O–H groups in total. The topological polar surface area (TPSA) is 98.5 Å². The summed E-state index contributed by atoms with van der Waals surface area (Å²) in [6.45, 7) is 1.83. The second-order valence-electron chi connectivity index (χ2n) is 6.85. The number of fused-ring (bicyclic) bond motifs is 1. The number of allylic oxidation sites excluding steroid dienone is 1. The Labute approximate surface area is 178 Å². The molecule has 150 valence electrons. The number of nitrogens with two attached hydrogens (primary N) is 1. The van der Waals surface area contributed by atoms with Crippen molar-refractivity contribution in [3.63, 3.8) is 0 Å². The van der Waals surface area contributed by atoms with E-state index in [1.54, 1.807) is 48.5 Å². The quantitative estimate of drug-likeness (QED) is 0.489. The van der Waals surface area contributed by atoms with Crippen LogP contribution < -0.4 is 15.2 Å². The van der Waals surface area contributed by atoms with Gasteiger partial charge in [-0.3, -0.25) is 4.79 Å². The molecule has 2 aromatic carbocycles. The Balaban J connectivity index is 1.59. The first-order valence-electron chi connectivity index (χ1n) is 9.17. The van der Waals surface area contributed by atoms with E-state index in [9.17, 15) is 10.1 Å². The summed E-state index contributed by atoms with van der Waals surface area (Å²) in [5.41, 5.74) is 7.74. The molecule has 0 fully saturated rings. The fraction of sp³-hybridized carbons (Fsp3) is 0.130. The summed E-state index contributed by atoms with van der Waals surface area (Å²) in [6.07, 6.45) is 0.101. The average molecular weight is 421 g/mol. The van der Waals surface area contributed by atoms with Gasteiger partial charge < -0.3 is 19.6 Å². The molecule has 0 bridgehead atoms. The smallest absolute Gasteiger partial charge is 0.315 e. The lowest BCUT2D eigenvalue weighted by Crippen LogP contribution is -2.21. The molecule has 0 spiro atoms. The number of rotatable bonds is 4. The van der Waals surface area contributed by atoms with Gasteiger partial charge in [-0.15, -0.1) is 0 Å². The Bertz CT molecular complexity index is 1190. The Kier molecular flexibility index (Phi) is 5.21. The number of halogens is 1. The third-order valence-electron chi connectivity index (χ3n) is 4.73. The van der Waals surface area contributed by atoms with Crippen molar-refractivity contribution < 1.29 is 18.7 Å². The molecule has 0 saturated carbocycles. The molecule has 30 heavy (non-hydrogen) atoms. The highest BCUT2D eigenvalue weighted by atomic mass is 35.5. The van der Waals surface area contributed by atoms with E-state index < -0.39 is 11.9 Å². The SMILES string of the molecule is Cc1ccc(C2C(C#N)=C(N)Oc3cc(OC(=O)Cc4ccc(Cl)cc4)ccc32)o1. The van der Waals surface area contributed by atoms with Crippen LogP contribution in [0.15, 0.2) is 70.5 Å². The first-order valence-corrected chi connectivity index (χ1v) is 9.55. The minimum absolute atomic E-state index is 0.00584. The van der Waals surface area contributed by atoms with Crippen molar-refractivity contribution in [2.24, 2.45) is 5.73 Å². The zero-order valence-electron chi connectivity index (χ0n) is 16.0. The lowest BCUT2D eigenvalue weighted by Gasteiger charge is -2.25.